The third-order valence-corrected chi connectivity index (χ3v) is 4.54. The Kier molecular flexibility index (Phi) is 5.75. The quantitative estimate of drug-likeness (QED) is 0.691. The molecule has 0 aromatic heterocycles. The Morgan fingerprint density at radius 3 is 2.58 bits per heavy atom. The summed E-state index contributed by atoms with van der Waals surface area (Å²) < 4.78 is 11.6. The van der Waals surface area contributed by atoms with Crippen molar-refractivity contribution in [3.63, 3.8) is 0 Å². The second kappa shape index (κ2) is 8.21. The number of hydrogen-bond acceptors (Lipinski definition) is 5. The lowest BCUT2D eigenvalue weighted by molar-refractivity contribution is -0.139. The van der Waals surface area contributed by atoms with Gasteiger partial charge in [0, 0.05) is 32.4 Å². The van der Waals surface area contributed by atoms with Crippen LogP contribution >= 0.6 is 0 Å². The molecule has 7 heteroatoms. The molecule has 0 bridgehead atoms. The van der Waals surface area contributed by atoms with Crippen LogP contribution in [0.5, 0.6) is 11.5 Å². The highest BCUT2D eigenvalue weighted by atomic mass is 16.6. The van der Waals surface area contributed by atoms with Crippen molar-refractivity contribution in [1.82, 2.24) is 9.80 Å². The standard InChI is InChI=1S/C19H24N2O5/c1-2-10-20(17(22)9-11-21-18(23)7-8-19(21)24)12-14-13-25-15-5-3-4-6-16(15)26-14/h3-6,14H,2,7-13H2,1H3. The monoisotopic (exact) mass is 360 g/mol. The van der Waals surface area contributed by atoms with Gasteiger partial charge < -0.3 is 14.4 Å². The molecule has 7 nitrogen and oxygen atoms in total. The van der Waals surface area contributed by atoms with Crippen molar-refractivity contribution >= 4 is 17.7 Å². The van der Waals surface area contributed by atoms with Crippen LogP contribution in [0.3, 0.4) is 0 Å². The molecular weight excluding hydrogens is 336 g/mol. The van der Waals surface area contributed by atoms with Crippen LogP contribution in [-0.2, 0) is 14.4 Å². The number of imide groups is 1. The molecule has 3 rings (SSSR count). The first-order valence-corrected chi connectivity index (χ1v) is 9.08. The number of carbonyl (C=O) groups is 3. The van der Waals surface area contributed by atoms with Crippen molar-refractivity contribution < 1.29 is 23.9 Å². The van der Waals surface area contributed by atoms with E-state index in [1.165, 1.54) is 4.90 Å². The van der Waals surface area contributed by atoms with E-state index in [2.05, 4.69) is 0 Å². The molecule has 1 aromatic carbocycles. The van der Waals surface area contributed by atoms with Gasteiger partial charge in [0.05, 0.1) is 6.54 Å². The third kappa shape index (κ3) is 4.15. The molecule has 1 aromatic rings. The zero-order valence-electron chi connectivity index (χ0n) is 15.0. The molecule has 0 aliphatic carbocycles. The maximum Gasteiger partial charge on any atom is 0.229 e. The van der Waals surface area contributed by atoms with E-state index in [4.69, 9.17) is 9.47 Å². The number of rotatable bonds is 7. The summed E-state index contributed by atoms with van der Waals surface area (Å²) in [7, 11) is 0. The van der Waals surface area contributed by atoms with Crippen LogP contribution in [0.25, 0.3) is 0 Å². The van der Waals surface area contributed by atoms with Crippen molar-refractivity contribution in [3.05, 3.63) is 24.3 Å². The zero-order chi connectivity index (χ0) is 18.5. The number of ether oxygens (including phenoxy) is 2. The third-order valence-electron chi connectivity index (χ3n) is 4.54. The Morgan fingerprint density at radius 2 is 1.88 bits per heavy atom. The van der Waals surface area contributed by atoms with E-state index in [0.717, 1.165) is 6.42 Å². The van der Waals surface area contributed by atoms with Gasteiger partial charge in [0.25, 0.3) is 0 Å². The van der Waals surface area contributed by atoms with Gasteiger partial charge in [0.1, 0.15) is 6.61 Å². The average Bonchev–Trinajstić information content (AvgIpc) is 2.97. The summed E-state index contributed by atoms with van der Waals surface area (Å²) in [5, 5.41) is 0. The molecule has 0 spiro atoms. The second-order valence-corrected chi connectivity index (χ2v) is 6.53. The van der Waals surface area contributed by atoms with Gasteiger partial charge in [-0.1, -0.05) is 19.1 Å². The van der Waals surface area contributed by atoms with Gasteiger partial charge in [-0.2, -0.15) is 0 Å². The lowest BCUT2D eigenvalue weighted by Gasteiger charge is -2.31. The smallest absolute Gasteiger partial charge is 0.229 e. The van der Waals surface area contributed by atoms with E-state index in [1.54, 1.807) is 4.90 Å². The molecule has 3 amide bonds. The number of para-hydroxylation sites is 2. The van der Waals surface area contributed by atoms with Gasteiger partial charge in [-0.15, -0.1) is 0 Å². The molecule has 140 valence electrons. The van der Waals surface area contributed by atoms with E-state index in [1.807, 2.05) is 31.2 Å². The predicted molar refractivity (Wildman–Crippen MR) is 93.8 cm³/mol. The molecule has 1 unspecified atom stereocenters. The minimum atomic E-state index is -0.240. The summed E-state index contributed by atoms with van der Waals surface area (Å²) >= 11 is 0. The number of benzene rings is 1. The number of carbonyl (C=O) groups excluding carboxylic acids is 3. The summed E-state index contributed by atoms with van der Waals surface area (Å²) in [6.07, 6.45) is 1.21. The molecule has 1 fully saturated rings. The largest absolute Gasteiger partial charge is 0.486 e. The molecule has 2 aliphatic heterocycles. The van der Waals surface area contributed by atoms with Gasteiger partial charge in [-0.3, -0.25) is 19.3 Å². The molecular formula is C19H24N2O5. The fourth-order valence-electron chi connectivity index (χ4n) is 3.22. The molecule has 0 radical (unpaired) electrons. The Balaban J connectivity index is 1.56. The molecule has 2 heterocycles. The Bertz CT molecular complexity index is 674. The van der Waals surface area contributed by atoms with Crippen LogP contribution < -0.4 is 9.47 Å². The number of amides is 3. The highest BCUT2D eigenvalue weighted by molar-refractivity contribution is 6.02. The van der Waals surface area contributed by atoms with Crippen LogP contribution in [0.15, 0.2) is 24.3 Å². The van der Waals surface area contributed by atoms with E-state index in [9.17, 15) is 14.4 Å². The Labute approximate surface area is 152 Å². The summed E-state index contributed by atoms with van der Waals surface area (Å²) in [5.41, 5.74) is 0. The number of nitrogens with zero attached hydrogens (tertiary/aromatic N) is 2. The Hall–Kier alpha value is -2.57. The van der Waals surface area contributed by atoms with Gasteiger partial charge >= 0.3 is 0 Å². The SMILES string of the molecule is CCCN(CC1COc2ccccc2O1)C(=O)CCN1C(=O)CCC1=O. The van der Waals surface area contributed by atoms with Crippen LogP contribution in [0.2, 0.25) is 0 Å². The first kappa shape index (κ1) is 18.2. The minimum absolute atomic E-state index is 0.0817. The van der Waals surface area contributed by atoms with E-state index < -0.39 is 0 Å². The summed E-state index contributed by atoms with van der Waals surface area (Å²) in [6.45, 7) is 3.56. The van der Waals surface area contributed by atoms with Crippen molar-refractivity contribution in [1.29, 1.82) is 0 Å². The Morgan fingerprint density at radius 1 is 1.19 bits per heavy atom. The van der Waals surface area contributed by atoms with Crippen molar-refractivity contribution in [2.24, 2.45) is 0 Å². The first-order chi connectivity index (χ1) is 12.6. The highest BCUT2D eigenvalue weighted by Gasteiger charge is 2.30. The van der Waals surface area contributed by atoms with Crippen molar-refractivity contribution in [3.8, 4) is 11.5 Å². The molecule has 1 atom stereocenters. The number of hydrogen-bond donors (Lipinski definition) is 0. The summed E-state index contributed by atoms with van der Waals surface area (Å²) in [4.78, 5) is 38.9. The van der Waals surface area contributed by atoms with Gasteiger partial charge in [0.2, 0.25) is 17.7 Å². The van der Waals surface area contributed by atoms with E-state index in [-0.39, 0.29) is 49.6 Å². The number of fused-ring (bicyclic) bond motifs is 1. The zero-order valence-corrected chi connectivity index (χ0v) is 15.0. The molecule has 0 N–H and O–H groups in total. The minimum Gasteiger partial charge on any atom is -0.486 e. The molecule has 26 heavy (non-hydrogen) atoms. The van der Waals surface area contributed by atoms with Gasteiger partial charge in [-0.25, -0.2) is 0 Å². The highest BCUT2D eigenvalue weighted by Crippen LogP contribution is 2.31. The maximum absolute atomic E-state index is 12.6. The van der Waals surface area contributed by atoms with E-state index >= 15 is 0 Å². The molecule has 2 aliphatic rings. The fraction of sp³-hybridized carbons (Fsp3) is 0.526. The summed E-state index contributed by atoms with van der Waals surface area (Å²) in [5.74, 6) is 0.932. The molecule has 0 saturated carbocycles. The maximum atomic E-state index is 12.6. The normalized spacial score (nSPS) is 19.0. The van der Waals surface area contributed by atoms with Crippen molar-refractivity contribution in [2.75, 3.05) is 26.2 Å². The van der Waals surface area contributed by atoms with Crippen LogP contribution in [0.1, 0.15) is 32.6 Å². The van der Waals surface area contributed by atoms with Crippen molar-refractivity contribution in [2.45, 2.75) is 38.7 Å². The van der Waals surface area contributed by atoms with Crippen LogP contribution in [-0.4, -0.2) is 59.9 Å². The lowest BCUT2D eigenvalue weighted by atomic mass is 10.2. The van der Waals surface area contributed by atoms with Crippen LogP contribution in [0.4, 0.5) is 0 Å². The lowest BCUT2D eigenvalue weighted by Crippen LogP contribution is -2.45. The summed E-state index contributed by atoms with van der Waals surface area (Å²) in [6, 6.07) is 7.46. The molecule has 1 saturated heterocycles. The second-order valence-electron chi connectivity index (χ2n) is 6.53. The van der Waals surface area contributed by atoms with Gasteiger partial charge in [0.15, 0.2) is 17.6 Å². The van der Waals surface area contributed by atoms with Crippen LogP contribution in [0, 0.1) is 0 Å². The number of likely N-dealkylation sites (tertiary alicyclic amines) is 1. The topological polar surface area (TPSA) is 76.2 Å². The van der Waals surface area contributed by atoms with Gasteiger partial charge in [-0.05, 0) is 18.6 Å². The first-order valence-electron chi connectivity index (χ1n) is 9.08. The predicted octanol–water partition coefficient (Wildman–Crippen LogP) is 1.60. The fourth-order valence-corrected chi connectivity index (χ4v) is 3.22. The average molecular weight is 360 g/mol. The van der Waals surface area contributed by atoms with E-state index in [0.29, 0.717) is 31.2 Å².